The van der Waals surface area contributed by atoms with Gasteiger partial charge < -0.3 is 23.7 Å². The van der Waals surface area contributed by atoms with E-state index in [4.69, 9.17) is 23.7 Å². The van der Waals surface area contributed by atoms with Crippen molar-refractivity contribution in [3.05, 3.63) is 35.4 Å². The van der Waals surface area contributed by atoms with Gasteiger partial charge in [0.05, 0.1) is 31.4 Å². The maximum absolute atomic E-state index is 6.80. The van der Waals surface area contributed by atoms with E-state index in [1.54, 1.807) is 7.11 Å². The summed E-state index contributed by atoms with van der Waals surface area (Å²) in [6.07, 6.45) is 7.99. The largest absolute Gasteiger partial charge is 0.375 e. The first-order valence-corrected chi connectivity index (χ1v) is 13.3. The molecule has 1 saturated carbocycles. The van der Waals surface area contributed by atoms with Crippen LogP contribution in [0.2, 0.25) is 0 Å². The standard InChI is InChI=1S/C28H43NO5/c1-27(2,3)21-12-10-20(11-13-21)17-31-18-22-25-26(34-28(33-25)14-6-5-7-15-28)24-23(32-19-30-4)9-8-16-29(22)24/h10-13,22-26H,5-9,14-19H2,1-4H3/t22-,23+,24+,25+,26-/m0/s1. The molecule has 0 amide bonds. The normalized spacial score (nSPS) is 33.2. The van der Waals surface area contributed by atoms with Crippen molar-refractivity contribution in [3.63, 3.8) is 0 Å². The Morgan fingerprint density at radius 2 is 1.74 bits per heavy atom. The molecule has 0 radical (unpaired) electrons. The highest BCUT2D eigenvalue weighted by molar-refractivity contribution is 5.27. The zero-order valence-corrected chi connectivity index (χ0v) is 21.5. The number of benzene rings is 1. The first-order chi connectivity index (χ1) is 16.4. The Morgan fingerprint density at radius 1 is 1.00 bits per heavy atom. The molecule has 3 heterocycles. The Labute approximate surface area is 205 Å². The third-order valence-corrected chi connectivity index (χ3v) is 8.23. The fraction of sp³-hybridized carbons (Fsp3) is 0.786. The minimum atomic E-state index is -0.399. The van der Waals surface area contributed by atoms with Gasteiger partial charge in [0.1, 0.15) is 19.0 Å². The van der Waals surface area contributed by atoms with Gasteiger partial charge in [0.2, 0.25) is 0 Å². The number of nitrogens with zero attached hydrogens (tertiary/aromatic N) is 1. The summed E-state index contributed by atoms with van der Waals surface area (Å²) in [5.41, 5.74) is 2.73. The molecule has 1 aromatic rings. The molecule has 0 N–H and O–H groups in total. The van der Waals surface area contributed by atoms with Gasteiger partial charge in [0.25, 0.3) is 0 Å². The summed E-state index contributed by atoms with van der Waals surface area (Å²) in [5.74, 6) is -0.399. The van der Waals surface area contributed by atoms with E-state index in [9.17, 15) is 0 Å². The molecule has 1 spiro atoms. The van der Waals surface area contributed by atoms with Crippen molar-refractivity contribution in [1.29, 1.82) is 0 Å². The van der Waals surface area contributed by atoms with E-state index in [0.29, 0.717) is 20.0 Å². The van der Waals surface area contributed by atoms with Crippen LogP contribution in [0.5, 0.6) is 0 Å². The van der Waals surface area contributed by atoms with Gasteiger partial charge in [-0.2, -0.15) is 0 Å². The van der Waals surface area contributed by atoms with Gasteiger partial charge in [-0.25, -0.2) is 0 Å². The molecule has 0 aromatic heterocycles. The fourth-order valence-electron chi connectivity index (χ4n) is 6.46. The zero-order valence-electron chi connectivity index (χ0n) is 21.5. The van der Waals surface area contributed by atoms with Gasteiger partial charge in [-0.05, 0) is 48.8 Å². The molecular weight excluding hydrogens is 430 g/mol. The van der Waals surface area contributed by atoms with Crippen LogP contribution in [-0.2, 0) is 35.7 Å². The Balaban J connectivity index is 1.28. The van der Waals surface area contributed by atoms with E-state index in [2.05, 4.69) is 49.9 Å². The molecule has 1 aromatic carbocycles. The minimum absolute atomic E-state index is 0.0399. The van der Waals surface area contributed by atoms with Crippen LogP contribution in [0.4, 0.5) is 0 Å². The highest BCUT2D eigenvalue weighted by Gasteiger charge is 2.62. The Hall–Kier alpha value is -1.02. The number of piperidine rings is 1. The summed E-state index contributed by atoms with van der Waals surface area (Å²) in [6, 6.07) is 9.24. The summed E-state index contributed by atoms with van der Waals surface area (Å²) >= 11 is 0. The molecule has 5 rings (SSSR count). The molecule has 3 saturated heterocycles. The van der Waals surface area contributed by atoms with E-state index >= 15 is 0 Å². The molecule has 0 unspecified atom stereocenters. The predicted molar refractivity (Wildman–Crippen MR) is 131 cm³/mol. The average molecular weight is 474 g/mol. The number of hydrogen-bond donors (Lipinski definition) is 0. The maximum atomic E-state index is 6.80. The van der Waals surface area contributed by atoms with Crippen LogP contribution in [0.15, 0.2) is 24.3 Å². The number of ether oxygens (including phenoxy) is 5. The zero-order chi connectivity index (χ0) is 23.8. The second kappa shape index (κ2) is 10.2. The lowest BCUT2D eigenvalue weighted by atomic mass is 9.87. The molecule has 1 aliphatic carbocycles. The molecule has 3 aliphatic heterocycles. The minimum Gasteiger partial charge on any atom is -0.375 e. The van der Waals surface area contributed by atoms with Gasteiger partial charge in [0, 0.05) is 20.0 Å². The number of fused-ring (bicyclic) bond motifs is 3. The highest BCUT2D eigenvalue weighted by Crippen LogP contribution is 2.49. The van der Waals surface area contributed by atoms with E-state index < -0.39 is 5.79 Å². The van der Waals surface area contributed by atoms with Crippen LogP contribution in [0.25, 0.3) is 0 Å². The smallest absolute Gasteiger partial charge is 0.169 e. The summed E-state index contributed by atoms with van der Waals surface area (Å²) in [6.45, 7) is 9.37. The first kappa shape index (κ1) is 24.7. The van der Waals surface area contributed by atoms with Gasteiger partial charge in [-0.1, -0.05) is 51.5 Å². The van der Waals surface area contributed by atoms with Crippen LogP contribution in [-0.4, -0.2) is 68.1 Å². The van der Waals surface area contributed by atoms with Crippen LogP contribution in [0.3, 0.4) is 0 Å². The molecule has 190 valence electrons. The molecule has 6 nitrogen and oxygen atoms in total. The maximum Gasteiger partial charge on any atom is 0.169 e. The summed E-state index contributed by atoms with van der Waals surface area (Å²) < 4.78 is 31.3. The van der Waals surface area contributed by atoms with Crippen LogP contribution >= 0.6 is 0 Å². The Bertz CT molecular complexity index is 800. The number of methoxy groups -OCH3 is 1. The second-order valence-corrected chi connectivity index (χ2v) is 11.6. The van der Waals surface area contributed by atoms with Crippen LogP contribution < -0.4 is 0 Å². The lowest BCUT2D eigenvalue weighted by Crippen LogP contribution is -2.54. The molecule has 0 bridgehead atoms. The monoisotopic (exact) mass is 473 g/mol. The van der Waals surface area contributed by atoms with Gasteiger partial charge in [-0.15, -0.1) is 0 Å². The quantitative estimate of drug-likeness (QED) is 0.531. The van der Waals surface area contributed by atoms with E-state index in [1.165, 1.54) is 30.4 Å². The lowest BCUT2D eigenvalue weighted by Gasteiger charge is -2.42. The van der Waals surface area contributed by atoms with Crippen molar-refractivity contribution >= 4 is 0 Å². The summed E-state index contributed by atoms with van der Waals surface area (Å²) in [5, 5.41) is 0. The molecule has 34 heavy (non-hydrogen) atoms. The van der Waals surface area contributed by atoms with E-state index in [1.807, 2.05) is 0 Å². The average Bonchev–Trinajstić information content (AvgIpc) is 3.31. The van der Waals surface area contributed by atoms with Gasteiger partial charge in [0.15, 0.2) is 5.79 Å². The van der Waals surface area contributed by atoms with Crippen molar-refractivity contribution in [2.45, 2.75) is 114 Å². The number of hydrogen-bond acceptors (Lipinski definition) is 6. The van der Waals surface area contributed by atoms with Crippen LogP contribution in [0.1, 0.15) is 76.8 Å². The molecule has 4 fully saturated rings. The Kier molecular flexibility index (Phi) is 7.37. The summed E-state index contributed by atoms with van der Waals surface area (Å²) in [7, 11) is 1.69. The van der Waals surface area contributed by atoms with Crippen molar-refractivity contribution in [2.24, 2.45) is 0 Å². The van der Waals surface area contributed by atoms with Gasteiger partial charge >= 0.3 is 0 Å². The van der Waals surface area contributed by atoms with Crippen molar-refractivity contribution in [2.75, 3.05) is 27.1 Å². The summed E-state index contributed by atoms with van der Waals surface area (Å²) in [4.78, 5) is 2.55. The second-order valence-electron chi connectivity index (χ2n) is 11.6. The van der Waals surface area contributed by atoms with Crippen LogP contribution in [0, 0.1) is 0 Å². The fourth-order valence-corrected chi connectivity index (χ4v) is 6.46. The highest BCUT2D eigenvalue weighted by atomic mass is 16.8. The van der Waals surface area contributed by atoms with E-state index in [-0.39, 0.29) is 35.8 Å². The third-order valence-electron chi connectivity index (χ3n) is 8.23. The van der Waals surface area contributed by atoms with E-state index in [0.717, 1.165) is 32.2 Å². The molecule has 4 aliphatic rings. The molecule has 5 atom stereocenters. The Morgan fingerprint density at radius 3 is 2.44 bits per heavy atom. The topological polar surface area (TPSA) is 49.4 Å². The predicted octanol–water partition coefficient (Wildman–Crippen LogP) is 4.78. The molecular formula is C28H43NO5. The van der Waals surface area contributed by atoms with Crippen molar-refractivity contribution in [1.82, 2.24) is 4.90 Å². The van der Waals surface area contributed by atoms with Crippen molar-refractivity contribution in [3.8, 4) is 0 Å². The SMILES string of the molecule is COCO[C@@H]1CCCN2[C@H]1[C@@H]1OC3(CCCCC3)O[C@@H]1[C@@H]2COCc1ccc(C(C)(C)C)cc1. The van der Waals surface area contributed by atoms with Gasteiger partial charge in [-0.3, -0.25) is 4.90 Å². The lowest BCUT2D eigenvalue weighted by molar-refractivity contribution is -0.223. The number of rotatable bonds is 7. The third kappa shape index (κ3) is 4.95. The molecule has 6 heteroatoms. The van der Waals surface area contributed by atoms with Crippen molar-refractivity contribution < 1.29 is 23.7 Å². The first-order valence-electron chi connectivity index (χ1n) is 13.3.